The maximum atomic E-state index is 13.4. The highest BCUT2D eigenvalue weighted by Crippen LogP contribution is 2.39. The van der Waals surface area contributed by atoms with E-state index in [2.05, 4.69) is 62.3 Å². The molecule has 196 valence electrons. The van der Waals surface area contributed by atoms with Crippen molar-refractivity contribution >= 4 is 34.1 Å². The molecule has 1 N–H and O–H groups in total. The summed E-state index contributed by atoms with van der Waals surface area (Å²) in [5, 5.41) is 3.76. The Morgan fingerprint density at radius 2 is 1.87 bits per heavy atom. The summed E-state index contributed by atoms with van der Waals surface area (Å²) in [5.74, 6) is 0.513. The molecule has 3 aromatic carbocycles. The molecule has 0 saturated carbocycles. The molecule has 5 aromatic rings. The Morgan fingerprint density at radius 3 is 2.72 bits per heavy atom. The van der Waals surface area contributed by atoms with Gasteiger partial charge in [0.15, 0.2) is 5.82 Å². The Hall–Kier alpha value is -4.16. The number of imidazole rings is 2. The molecule has 0 aliphatic heterocycles. The lowest BCUT2D eigenvalue weighted by molar-refractivity contribution is 0.0939. The van der Waals surface area contributed by atoms with Gasteiger partial charge in [0.2, 0.25) is 0 Å². The molecule has 2 heterocycles. The molecule has 0 fully saturated rings. The van der Waals surface area contributed by atoms with E-state index in [0.717, 1.165) is 42.4 Å². The van der Waals surface area contributed by atoms with Gasteiger partial charge < -0.3 is 14.5 Å². The van der Waals surface area contributed by atoms with Crippen molar-refractivity contribution in [1.29, 1.82) is 0 Å². The van der Waals surface area contributed by atoms with Crippen LogP contribution in [-0.4, -0.2) is 31.6 Å². The summed E-state index contributed by atoms with van der Waals surface area (Å²) >= 11 is 6.30. The smallest absolute Gasteiger partial charge is 0.287 e. The number of fused-ring (bicyclic) bond motifs is 2. The van der Waals surface area contributed by atoms with E-state index in [1.807, 2.05) is 59.7 Å². The summed E-state index contributed by atoms with van der Waals surface area (Å²) in [5.41, 5.74) is 6.77. The number of hydrogen-bond acceptors (Lipinski definition) is 3. The molecule has 39 heavy (non-hydrogen) atoms. The van der Waals surface area contributed by atoms with Crippen molar-refractivity contribution in [2.24, 2.45) is 0 Å². The maximum absolute atomic E-state index is 13.4. The van der Waals surface area contributed by atoms with Gasteiger partial charge in [-0.05, 0) is 59.7 Å². The number of allylic oxidation sites excluding steroid dienone is 2. The lowest BCUT2D eigenvalue weighted by atomic mass is 9.97. The van der Waals surface area contributed by atoms with Gasteiger partial charge in [-0.2, -0.15) is 0 Å². The van der Waals surface area contributed by atoms with Crippen LogP contribution in [0.3, 0.4) is 0 Å². The van der Waals surface area contributed by atoms with Gasteiger partial charge in [-0.15, -0.1) is 0 Å². The quantitative estimate of drug-likeness (QED) is 0.216. The van der Waals surface area contributed by atoms with E-state index in [1.165, 1.54) is 16.7 Å². The van der Waals surface area contributed by atoms with Gasteiger partial charge in [-0.25, -0.2) is 9.97 Å². The Kier molecular flexibility index (Phi) is 7.28. The Labute approximate surface area is 233 Å². The second-order valence-corrected chi connectivity index (χ2v) is 10.4. The van der Waals surface area contributed by atoms with Crippen LogP contribution in [-0.2, 0) is 13.1 Å². The molecule has 0 spiro atoms. The molecule has 2 aromatic heterocycles. The zero-order valence-corrected chi connectivity index (χ0v) is 22.4. The number of amides is 1. The molecule has 6 nitrogen and oxygen atoms in total. The number of hydrogen-bond donors (Lipinski definition) is 1. The minimum atomic E-state index is -0.172. The van der Waals surface area contributed by atoms with Crippen molar-refractivity contribution < 1.29 is 4.79 Å². The van der Waals surface area contributed by atoms with E-state index in [-0.39, 0.29) is 11.8 Å². The van der Waals surface area contributed by atoms with Gasteiger partial charge in [0.05, 0.1) is 17.4 Å². The van der Waals surface area contributed by atoms with E-state index in [1.54, 1.807) is 0 Å². The Balaban J connectivity index is 1.15. The highest BCUT2D eigenvalue weighted by Gasteiger charge is 2.23. The molecule has 0 radical (unpaired) electrons. The first-order valence-electron chi connectivity index (χ1n) is 13.4. The van der Waals surface area contributed by atoms with Crippen LogP contribution in [0, 0.1) is 0 Å². The van der Waals surface area contributed by atoms with Gasteiger partial charge in [-0.1, -0.05) is 72.3 Å². The molecule has 1 amide bonds. The fourth-order valence-electron chi connectivity index (χ4n) is 5.48. The highest BCUT2D eigenvalue weighted by molar-refractivity contribution is 6.31. The van der Waals surface area contributed by atoms with Crippen LogP contribution in [0.2, 0.25) is 5.02 Å². The van der Waals surface area contributed by atoms with Gasteiger partial charge in [0.1, 0.15) is 0 Å². The average Bonchev–Trinajstić information content (AvgIpc) is 3.68. The summed E-state index contributed by atoms with van der Waals surface area (Å²) in [6, 6.07) is 24.3. The molecule has 0 bridgehead atoms. The number of carbonyl (C=O) groups excluding carboxylic acids is 1. The maximum Gasteiger partial charge on any atom is 0.287 e. The predicted molar refractivity (Wildman–Crippen MR) is 156 cm³/mol. The third-order valence-corrected chi connectivity index (χ3v) is 7.60. The number of aromatic nitrogens is 4. The van der Waals surface area contributed by atoms with Gasteiger partial charge in [0.25, 0.3) is 5.91 Å². The lowest BCUT2D eigenvalue weighted by Crippen LogP contribution is -2.28. The summed E-state index contributed by atoms with van der Waals surface area (Å²) in [7, 11) is 0. The molecule has 1 aliphatic rings. The van der Waals surface area contributed by atoms with Crippen LogP contribution in [0.5, 0.6) is 0 Å². The third kappa shape index (κ3) is 5.52. The Morgan fingerprint density at radius 1 is 1.03 bits per heavy atom. The normalized spacial score (nSPS) is 14.4. The minimum Gasteiger partial charge on any atom is -0.349 e. The second-order valence-electron chi connectivity index (χ2n) is 9.97. The first-order chi connectivity index (χ1) is 19.2. The van der Waals surface area contributed by atoms with Gasteiger partial charge in [-0.3, -0.25) is 4.79 Å². The van der Waals surface area contributed by atoms with Crippen LogP contribution in [0.4, 0.5) is 0 Å². The number of halogens is 1. The molecular weight excluding hydrogens is 506 g/mol. The number of nitrogens with zero attached hydrogens (tertiary/aromatic N) is 4. The zero-order chi connectivity index (χ0) is 26.6. The van der Waals surface area contributed by atoms with Gasteiger partial charge in [0, 0.05) is 43.0 Å². The summed E-state index contributed by atoms with van der Waals surface area (Å²) in [4.78, 5) is 22.2. The van der Waals surface area contributed by atoms with Crippen LogP contribution in [0.1, 0.15) is 52.5 Å². The topological polar surface area (TPSA) is 64.7 Å². The molecule has 7 heteroatoms. The number of rotatable bonds is 10. The van der Waals surface area contributed by atoms with E-state index in [0.29, 0.717) is 23.9 Å². The SMILES string of the molecule is O=C(NCCC1C=C(CCCn2ccnc2)c2ccccc21)c1nc2ccc(Cl)cc2n1Cc1ccccc1. The van der Waals surface area contributed by atoms with Crippen LogP contribution in [0.15, 0.2) is 97.6 Å². The van der Waals surface area contributed by atoms with Crippen LogP contribution in [0.25, 0.3) is 16.6 Å². The fourth-order valence-corrected chi connectivity index (χ4v) is 5.64. The van der Waals surface area contributed by atoms with Gasteiger partial charge >= 0.3 is 0 Å². The Bertz CT molecular complexity index is 1620. The predicted octanol–water partition coefficient (Wildman–Crippen LogP) is 6.72. The minimum absolute atomic E-state index is 0.172. The molecule has 0 saturated heterocycles. The third-order valence-electron chi connectivity index (χ3n) is 7.37. The van der Waals surface area contributed by atoms with Crippen molar-refractivity contribution in [3.05, 3.63) is 125 Å². The summed E-state index contributed by atoms with van der Waals surface area (Å²) in [6.07, 6.45) is 11.0. The summed E-state index contributed by atoms with van der Waals surface area (Å²) in [6.45, 7) is 2.06. The highest BCUT2D eigenvalue weighted by atomic mass is 35.5. The van der Waals surface area contributed by atoms with E-state index >= 15 is 0 Å². The number of benzene rings is 3. The van der Waals surface area contributed by atoms with Crippen molar-refractivity contribution in [2.45, 2.75) is 38.3 Å². The second kappa shape index (κ2) is 11.3. The molecular formula is C32H30ClN5O. The van der Waals surface area contributed by atoms with E-state index in [9.17, 15) is 4.79 Å². The van der Waals surface area contributed by atoms with Crippen LogP contribution >= 0.6 is 11.6 Å². The first kappa shape index (κ1) is 25.1. The van der Waals surface area contributed by atoms with Crippen molar-refractivity contribution in [1.82, 2.24) is 24.4 Å². The van der Waals surface area contributed by atoms with Crippen LogP contribution < -0.4 is 5.32 Å². The molecule has 6 rings (SSSR count). The molecule has 1 aliphatic carbocycles. The van der Waals surface area contributed by atoms with Crippen molar-refractivity contribution in [3.63, 3.8) is 0 Å². The number of nitrogens with one attached hydrogen (secondary N) is 1. The fraction of sp³-hybridized carbons (Fsp3) is 0.219. The van der Waals surface area contributed by atoms with E-state index < -0.39 is 0 Å². The lowest BCUT2D eigenvalue weighted by Gasteiger charge is -2.13. The average molecular weight is 536 g/mol. The standard InChI is InChI=1S/C32H30ClN5O/c33-26-12-13-29-30(20-26)38(21-23-7-2-1-3-8-23)31(36-29)32(39)35-15-14-25-19-24(27-10-4-5-11-28(25)27)9-6-17-37-18-16-34-22-37/h1-5,7-8,10-13,16,18-20,22,25H,6,9,14-15,17,21H2,(H,35,39). The summed E-state index contributed by atoms with van der Waals surface area (Å²) < 4.78 is 4.07. The van der Waals surface area contributed by atoms with Crippen molar-refractivity contribution in [2.75, 3.05) is 6.54 Å². The monoisotopic (exact) mass is 535 g/mol. The number of aryl methyl sites for hydroxylation is 1. The number of carbonyl (C=O) groups is 1. The zero-order valence-electron chi connectivity index (χ0n) is 21.6. The molecule has 1 atom stereocenters. The largest absolute Gasteiger partial charge is 0.349 e. The van der Waals surface area contributed by atoms with Crippen molar-refractivity contribution in [3.8, 4) is 0 Å². The molecule has 1 unspecified atom stereocenters. The van der Waals surface area contributed by atoms with E-state index in [4.69, 9.17) is 11.6 Å². The first-order valence-corrected chi connectivity index (χ1v) is 13.8.